The van der Waals surface area contributed by atoms with Gasteiger partial charge in [-0.3, -0.25) is 0 Å². The summed E-state index contributed by atoms with van der Waals surface area (Å²) in [6.45, 7) is 3.20. The number of morpholine rings is 1. The Morgan fingerprint density at radius 1 is 1.32 bits per heavy atom. The Morgan fingerprint density at radius 3 is 2.72 bits per heavy atom. The first-order valence-corrected chi connectivity index (χ1v) is 8.58. The van der Waals surface area contributed by atoms with Crippen LogP contribution in [0.15, 0.2) is 18.2 Å². The molecule has 2 atom stereocenters. The zero-order chi connectivity index (χ0) is 17.0. The fourth-order valence-corrected chi connectivity index (χ4v) is 3.80. The van der Waals surface area contributed by atoms with Crippen LogP contribution < -0.4 is 10.1 Å². The fraction of sp³-hybridized carbons (Fsp3) is 0.667. The summed E-state index contributed by atoms with van der Waals surface area (Å²) in [7, 11) is 1.56. The van der Waals surface area contributed by atoms with Crippen LogP contribution in [0, 0.1) is 11.7 Å². The van der Waals surface area contributed by atoms with E-state index < -0.39 is 5.60 Å². The molecule has 25 heavy (non-hydrogen) atoms. The standard InChI is InChI=1S/C18H26FNO4.ClH/c1-22-16-3-2-15(19)10-13(16)11-18(21,14-4-7-23-8-5-14)17-12-20-6-9-24-17;/h2-3,10,14,17,20-21H,4-9,11-12H2,1H3;1H/t17-,18-;/m1./s1. The summed E-state index contributed by atoms with van der Waals surface area (Å²) in [6, 6.07) is 4.42. The molecule has 0 radical (unpaired) electrons. The van der Waals surface area contributed by atoms with Gasteiger partial charge in [0.05, 0.1) is 25.4 Å². The molecule has 5 nitrogen and oxygen atoms in total. The lowest BCUT2D eigenvalue weighted by atomic mass is 9.74. The summed E-state index contributed by atoms with van der Waals surface area (Å²) in [5.41, 5.74) is -0.418. The summed E-state index contributed by atoms with van der Waals surface area (Å²) in [5.74, 6) is 0.303. The smallest absolute Gasteiger partial charge is 0.123 e. The van der Waals surface area contributed by atoms with Gasteiger partial charge in [0.25, 0.3) is 0 Å². The second-order valence-electron chi connectivity index (χ2n) is 6.57. The largest absolute Gasteiger partial charge is 0.496 e. The van der Waals surface area contributed by atoms with Crippen molar-refractivity contribution in [1.82, 2.24) is 5.32 Å². The lowest BCUT2D eigenvalue weighted by molar-refractivity contribution is -0.163. The van der Waals surface area contributed by atoms with E-state index in [0.717, 1.165) is 19.4 Å². The fourth-order valence-electron chi connectivity index (χ4n) is 3.80. The quantitative estimate of drug-likeness (QED) is 0.823. The molecule has 2 fully saturated rings. The zero-order valence-electron chi connectivity index (χ0n) is 14.5. The van der Waals surface area contributed by atoms with E-state index in [1.165, 1.54) is 12.1 Å². The number of halogens is 2. The molecule has 2 aliphatic rings. The molecule has 2 N–H and O–H groups in total. The molecular formula is C18H27ClFNO4. The molecule has 1 aromatic carbocycles. The molecule has 0 amide bonds. The molecule has 2 aliphatic heterocycles. The second kappa shape index (κ2) is 9.14. The first kappa shape index (κ1) is 20.4. The Bertz CT molecular complexity index is 530. The van der Waals surface area contributed by atoms with E-state index in [4.69, 9.17) is 14.2 Å². The van der Waals surface area contributed by atoms with Gasteiger partial charge in [-0.1, -0.05) is 0 Å². The van der Waals surface area contributed by atoms with E-state index >= 15 is 0 Å². The average Bonchev–Trinajstić information content (AvgIpc) is 2.63. The van der Waals surface area contributed by atoms with E-state index in [-0.39, 0.29) is 30.2 Å². The van der Waals surface area contributed by atoms with Crippen LogP contribution in [0.5, 0.6) is 5.75 Å². The van der Waals surface area contributed by atoms with Crippen molar-refractivity contribution in [2.75, 3.05) is 40.0 Å². The molecule has 0 unspecified atom stereocenters. The second-order valence-corrected chi connectivity index (χ2v) is 6.57. The summed E-state index contributed by atoms with van der Waals surface area (Å²) in [6.07, 6.45) is 1.51. The van der Waals surface area contributed by atoms with Crippen molar-refractivity contribution in [1.29, 1.82) is 0 Å². The minimum Gasteiger partial charge on any atom is -0.496 e. The number of hydrogen-bond donors (Lipinski definition) is 2. The van der Waals surface area contributed by atoms with Crippen molar-refractivity contribution in [3.8, 4) is 5.75 Å². The van der Waals surface area contributed by atoms with E-state index in [0.29, 0.717) is 44.1 Å². The zero-order valence-corrected chi connectivity index (χ0v) is 15.3. The monoisotopic (exact) mass is 375 g/mol. The van der Waals surface area contributed by atoms with Crippen molar-refractivity contribution in [3.05, 3.63) is 29.6 Å². The number of aliphatic hydroxyl groups is 1. The molecule has 142 valence electrons. The third kappa shape index (κ3) is 4.63. The van der Waals surface area contributed by atoms with Gasteiger partial charge < -0.3 is 24.6 Å². The number of nitrogens with one attached hydrogen (secondary N) is 1. The Morgan fingerprint density at radius 2 is 2.08 bits per heavy atom. The normalized spacial score (nSPS) is 24.2. The molecule has 3 rings (SSSR count). The molecule has 7 heteroatoms. The maximum absolute atomic E-state index is 13.7. The van der Waals surface area contributed by atoms with Crippen LogP contribution in [0.4, 0.5) is 4.39 Å². The third-order valence-corrected chi connectivity index (χ3v) is 5.13. The van der Waals surface area contributed by atoms with E-state index in [1.54, 1.807) is 13.2 Å². The van der Waals surface area contributed by atoms with Crippen LogP contribution in [-0.2, 0) is 15.9 Å². The van der Waals surface area contributed by atoms with Crippen molar-refractivity contribution in [3.63, 3.8) is 0 Å². The number of benzene rings is 1. The Balaban J connectivity index is 0.00000225. The van der Waals surface area contributed by atoms with Crippen molar-refractivity contribution >= 4 is 12.4 Å². The van der Waals surface area contributed by atoms with Crippen molar-refractivity contribution < 1.29 is 23.7 Å². The van der Waals surface area contributed by atoms with Crippen LogP contribution in [0.25, 0.3) is 0 Å². The molecule has 0 bridgehead atoms. The lowest BCUT2D eigenvalue weighted by Crippen LogP contribution is -2.59. The van der Waals surface area contributed by atoms with Crippen LogP contribution in [0.2, 0.25) is 0 Å². The number of ether oxygens (including phenoxy) is 3. The predicted molar refractivity (Wildman–Crippen MR) is 95.0 cm³/mol. The summed E-state index contributed by atoms with van der Waals surface area (Å²) >= 11 is 0. The van der Waals surface area contributed by atoms with Crippen LogP contribution >= 0.6 is 12.4 Å². The van der Waals surface area contributed by atoms with Gasteiger partial charge in [0.15, 0.2) is 0 Å². The number of hydrogen-bond acceptors (Lipinski definition) is 5. The molecule has 1 aromatic rings. The van der Waals surface area contributed by atoms with Gasteiger partial charge in [-0.15, -0.1) is 12.4 Å². The van der Waals surface area contributed by atoms with Gasteiger partial charge >= 0.3 is 0 Å². The van der Waals surface area contributed by atoms with Gasteiger partial charge in [-0.25, -0.2) is 4.39 Å². The topological polar surface area (TPSA) is 60.0 Å². The van der Waals surface area contributed by atoms with Gasteiger partial charge in [-0.2, -0.15) is 0 Å². The van der Waals surface area contributed by atoms with Gasteiger partial charge in [0.2, 0.25) is 0 Å². The van der Waals surface area contributed by atoms with Crippen LogP contribution in [-0.4, -0.2) is 56.8 Å². The van der Waals surface area contributed by atoms with Crippen LogP contribution in [0.3, 0.4) is 0 Å². The molecule has 0 saturated carbocycles. The maximum atomic E-state index is 13.7. The number of rotatable bonds is 5. The highest BCUT2D eigenvalue weighted by atomic mass is 35.5. The summed E-state index contributed by atoms with van der Waals surface area (Å²) in [5, 5.41) is 14.9. The summed E-state index contributed by atoms with van der Waals surface area (Å²) in [4.78, 5) is 0. The molecule has 0 aliphatic carbocycles. The van der Waals surface area contributed by atoms with Crippen LogP contribution in [0.1, 0.15) is 18.4 Å². The Kier molecular flexibility index (Phi) is 7.46. The van der Waals surface area contributed by atoms with Gasteiger partial charge in [-0.05, 0) is 42.5 Å². The Labute approximate surface area is 154 Å². The first-order valence-electron chi connectivity index (χ1n) is 8.58. The van der Waals surface area contributed by atoms with E-state index in [9.17, 15) is 9.50 Å². The molecular weight excluding hydrogens is 349 g/mol. The average molecular weight is 376 g/mol. The highest BCUT2D eigenvalue weighted by Gasteiger charge is 2.46. The minimum absolute atomic E-state index is 0. The lowest BCUT2D eigenvalue weighted by Gasteiger charge is -2.45. The highest BCUT2D eigenvalue weighted by molar-refractivity contribution is 5.85. The van der Waals surface area contributed by atoms with Gasteiger partial charge in [0.1, 0.15) is 11.6 Å². The highest BCUT2D eigenvalue weighted by Crippen LogP contribution is 2.37. The maximum Gasteiger partial charge on any atom is 0.123 e. The van der Waals surface area contributed by atoms with E-state index in [2.05, 4.69) is 5.32 Å². The minimum atomic E-state index is -1.09. The molecule has 0 aromatic heterocycles. The first-order chi connectivity index (χ1) is 11.6. The number of methoxy groups -OCH3 is 1. The molecule has 2 saturated heterocycles. The molecule has 2 heterocycles. The predicted octanol–water partition coefficient (Wildman–Crippen LogP) is 1.94. The van der Waals surface area contributed by atoms with Crippen molar-refractivity contribution in [2.24, 2.45) is 5.92 Å². The van der Waals surface area contributed by atoms with Gasteiger partial charge in [0, 0.05) is 32.7 Å². The Hall–Kier alpha value is -0.920. The molecule has 0 spiro atoms. The third-order valence-electron chi connectivity index (χ3n) is 5.13. The summed E-state index contributed by atoms with van der Waals surface area (Å²) < 4.78 is 30.4. The SMILES string of the molecule is COc1ccc(F)cc1C[C@@](O)(C1CCOCC1)[C@H]1CNCCO1.Cl. The van der Waals surface area contributed by atoms with E-state index in [1.807, 2.05) is 0 Å². The van der Waals surface area contributed by atoms with Crippen molar-refractivity contribution in [2.45, 2.75) is 31.0 Å².